The Hall–Kier alpha value is -2.81. The van der Waals surface area contributed by atoms with Gasteiger partial charge in [-0.1, -0.05) is 0 Å². The van der Waals surface area contributed by atoms with E-state index < -0.39 is 28.0 Å². The molecule has 0 radical (unpaired) electrons. The quantitative estimate of drug-likeness (QED) is 0.639. The van der Waals surface area contributed by atoms with E-state index >= 15 is 0 Å². The number of anilines is 1. The number of hydrogen-bond acceptors (Lipinski definition) is 7. The molecule has 3 heterocycles. The Morgan fingerprint density at radius 3 is 2.43 bits per heavy atom. The van der Waals surface area contributed by atoms with Gasteiger partial charge in [-0.25, -0.2) is 37.3 Å². The summed E-state index contributed by atoms with van der Waals surface area (Å²) in [7, 11) is -3.28. The van der Waals surface area contributed by atoms with Crippen molar-refractivity contribution in [2.24, 2.45) is 0 Å². The van der Waals surface area contributed by atoms with E-state index in [1.807, 2.05) is 9.47 Å². The number of fused-ring (bicyclic) bond motifs is 1. The van der Waals surface area contributed by atoms with Crippen LogP contribution in [0.2, 0.25) is 0 Å². The monoisotopic (exact) mass is 454 g/mol. The third kappa shape index (κ3) is 6.35. The molecule has 10 nitrogen and oxygen atoms in total. The summed E-state index contributed by atoms with van der Waals surface area (Å²) in [5.41, 5.74) is 0.921. The first-order valence-electron chi connectivity index (χ1n) is 8.43. The van der Waals surface area contributed by atoms with Gasteiger partial charge in [0, 0.05) is 19.3 Å². The third-order valence-electron chi connectivity index (χ3n) is 3.97. The number of aromatic nitrogens is 4. The number of imidazole rings is 1. The van der Waals surface area contributed by atoms with Gasteiger partial charge in [-0.2, -0.15) is 13.2 Å². The van der Waals surface area contributed by atoms with Gasteiger partial charge in [0.05, 0.1) is 42.8 Å². The molecule has 0 aromatic carbocycles. The van der Waals surface area contributed by atoms with Gasteiger partial charge in [-0.3, -0.25) is 0 Å². The average Bonchev–Trinajstić information content (AvgIpc) is 3.15. The first-order valence-corrected chi connectivity index (χ1v) is 10.1. The fourth-order valence-corrected chi connectivity index (χ4v) is 3.15. The highest BCUT2D eigenvalue weighted by Crippen LogP contribution is 2.23. The second kappa shape index (κ2) is 9.34. The molecule has 0 spiro atoms. The smallest absolute Gasteiger partial charge is 0.475 e. The van der Waals surface area contributed by atoms with Crippen LogP contribution in [0.3, 0.4) is 0 Å². The fraction of sp³-hybridized carbons (Fsp3) is 0.467. The lowest BCUT2D eigenvalue weighted by Gasteiger charge is -2.34. The zero-order valence-electron chi connectivity index (χ0n) is 15.5. The lowest BCUT2D eigenvalue weighted by Crippen LogP contribution is -2.43. The summed E-state index contributed by atoms with van der Waals surface area (Å²) in [6.45, 7) is 2.87. The maximum Gasteiger partial charge on any atom is 0.490 e. The molecule has 0 amide bonds. The maximum atomic E-state index is 13.0. The number of sulfonamides is 1. The van der Waals surface area contributed by atoms with Crippen LogP contribution in [0, 0.1) is 5.82 Å². The van der Waals surface area contributed by atoms with E-state index in [9.17, 15) is 26.0 Å². The van der Waals surface area contributed by atoms with Crippen molar-refractivity contribution in [3.05, 3.63) is 36.4 Å². The zero-order chi connectivity index (χ0) is 22.5. The van der Waals surface area contributed by atoms with Crippen LogP contribution in [0.4, 0.5) is 23.5 Å². The summed E-state index contributed by atoms with van der Waals surface area (Å²) in [4.78, 5) is 22.9. The fourth-order valence-electron chi connectivity index (χ4n) is 2.49. The van der Waals surface area contributed by atoms with Gasteiger partial charge < -0.3 is 14.6 Å². The van der Waals surface area contributed by atoms with Crippen molar-refractivity contribution in [1.82, 2.24) is 24.2 Å². The molecule has 1 atom stereocenters. The van der Waals surface area contributed by atoms with Crippen LogP contribution in [0.25, 0.3) is 0 Å². The number of carboxylic acid groups (broad SMARTS) is 1. The number of halogens is 4. The van der Waals surface area contributed by atoms with E-state index in [4.69, 9.17) is 9.90 Å². The minimum atomic E-state index is -5.08. The molecule has 2 aromatic rings. The molecular weight excluding hydrogens is 436 g/mol. The Morgan fingerprint density at radius 1 is 1.30 bits per heavy atom. The minimum absolute atomic E-state index is 0.0291. The van der Waals surface area contributed by atoms with Gasteiger partial charge >= 0.3 is 12.1 Å². The molecule has 30 heavy (non-hydrogen) atoms. The Balaban J connectivity index is 0.000000396. The molecular formula is C15H18F4N6O4S. The summed E-state index contributed by atoms with van der Waals surface area (Å²) < 4.78 is 72.6. The lowest BCUT2D eigenvalue weighted by atomic mass is 10.2. The number of nitrogens with zero attached hydrogens (tertiary/aromatic N) is 5. The number of rotatable bonds is 5. The number of carbonyl (C=O) groups is 1. The number of hydrogen-bond donors (Lipinski definition) is 2. The Bertz CT molecular complexity index is 964. The first-order chi connectivity index (χ1) is 13.9. The van der Waals surface area contributed by atoms with E-state index in [0.717, 1.165) is 18.1 Å². The van der Waals surface area contributed by atoms with Gasteiger partial charge in [0.2, 0.25) is 16.0 Å². The molecule has 0 aliphatic carbocycles. The Labute approximate surface area is 168 Å². The van der Waals surface area contributed by atoms with Crippen LogP contribution in [0.1, 0.15) is 18.7 Å². The SMILES string of the molecule is CCS(=O)(=O)NCC1CN(c2ncc(F)cn2)Cc2cncn21.O=C(O)C(F)(F)F. The van der Waals surface area contributed by atoms with Crippen LogP contribution in [0.15, 0.2) is 24.9 Å². The number of aliphatic carboxylic acids is 1. The molecule has 1 aliphatic rings. The molecule has 1 unspecified atom stereocenters. The standard InChI is InChI=1S/C13H17FN6O2S.C2HF3O2/c1-2-23(21,22)18-6-12-8-19(7-11-5-15-9-20(11)12)13-16-3-10(14)4-17-13;3-2(4,5)1(6)7/h3-5,9,12,18H,2,6-8H2,1H3;(H,6,7). The number of carboxylic acids is 1. The normalized spacial score (nSPS) is 16.4. The topological polar surface area (TPSA) is 130 Å². The second-order valence-electron chi connectivity index (χ2n) is 6.08. The summed E-state index contributed by atoms with van der Waals surface area (Å²) in [6, 6.07) is -0.142. The van der Waals surface area contributed by atoms with Crippen LogP contribution in [-0.2, 0) is 21.4 Å². The van der Waals surface area contributed by atoms with Crippen molar-refractivity contribution in [2.75, 3.05) is 23.7 Å². The van der Waals surface area contributed by atoms with Crippen LogP contribution in [0.5, 0.6) is 0 Å². The second-order valence-corrected chi connectivity index (χ2v) is 8.18. The maximum absolute atomic E-state index is 13.0. The van der Waals surface area contributed by atoms with E-state index in [0.29, 0.717) is 19.0 Å². The van der Waals surface area contributed by atoms with Gasteiger partial charge in [0.15, 0.2) is 5.82 Å². The number of alkyl halides is 3. The molecule has 0 fully saturated rings. The molecule has 3 rings (SSSR count). The highest BCUT2D eigenvalue weighted by atomic mass is 32.2. The molecule has 0 saturated carbocycles. The van der Waals surface area contributed by atoms with Crippen molar-refractivity contribution in [3.63, 3.8) is 0 Å². The predicted octanol–water partition coefficient (Wildman–Crippen LogP) is 0.946. The molecule has 2 N–H and O–H groups in total. The van der Waals surface area contributed by atoms with Crippen molar-refractivity contribution < 1.29 is 35.9 Å². The van der Waals surface area contributed by atoms with Crippen molar-refractivity contribution in [1.29, 1.82) is 0 Å². The molecule has 0 saturated heterocycles. The van der Waals surface area contributed by atoms with E-state index in [1.54, 1.807) is 19.4 Å². The highest BCUT2D eigenvalue weighted by Gasteiger charge is 2.38. The lowest BCUT2D eigenvalue weighted by molar-refractivity contribution is -0.192. The van der Waals surface area contributed by atoms with Gasteiger partial charge in [-0.05, 0) is 6.92 Å². The van der Waals surface area contributed by atoms with Crippen LogP contribution < -0.4 is 9.62 Å². The predicted molar refractivity (Wildman–Crippen MR) is 95.5 cm³/mol. The number of nitrogens with one attached hydrogen (secondary N) is 1. The largest absolute Gasteiger partial charge is 0.490 e. The summed E-state index contributed by atoms with van der Waals surface area (Å²) in [5.74, 6) is -2.82. The zero-order valence-corrected chi connectivity index (χ0v) is 16.4. The van der Waals surface area contributed by atoms with Crippen LogP contribution >= 0.6 is 0 Å². The van der Waals surface area contributed by atoms with Gasteiger partial charge in [-0.15, -0.1) is 0 Å². The van der Waals surface area contributed by atoms with E-state index in [1.165, 1.54) is 0 Å². The summed E-state index contributed by atoms with van der Waals surface area (Å²) >= 11 is 0. The minimum Gasteiger partial charge on any atom is -0.475 e. The Kier molecular flexibility index (Phi) is 7.30. The molecule has 15 heteroatoms. The van der Waals surface area contributed by atoms with Gasteiger partial charge in [0.25, 0.3) is 0 Å². The van der Waals surface area contributed by atoms with Crippen molar-refractivity contribution in [3.8, 4) is 0 Å². The average molecular weight is 454 g/mol. The van der Waals surface area contributed by atoms with E-state index in [-0.39, 0.29) is 18.3 Å². The Morgan fingerprint density at radius 2 is 1.90 bits per heavy atom. The molecule has 0 bridgehead atoms. The molecule has 1 aliphatic heterocycles. The molecule has 166 valence electrons. The molecule has 2 aromatic heterocycles. The summed E-state index contributed by atoms with van der Waals surface area (Å²) in [5, 5.41) is 7.12. The van der Waals surface area contributed by atoms with Gasteiger partial charge in [0.1, 0.15) is 0 Å². The highest BCUT2D eigenvalue weighted by molar-refractivity contribution is 7.89. The third-order valence-corrected chi connectivity index (χ3v) is 5.34. The van der Waals surface area contributed by atoms with E-state index in [2.05, 4.69) is 19.7 Å². The van der Waals surface area contributed by atoms with Crippen molar-refractivity contribution in [2.45, 2.75) is 25.7 Å². The first kappa shape index (κ1) is 23.5. The van der Waals surface area contributed by atoms with Crippen molar-refractivity contribution >= 4 is 21.9 Å². The summed E-state index contributed by atoms with van der Waals surface area (Å²) in [6.07, 6.45) is 0.548. The van der Waals surface area contributed by atoms with Crippen LogP contribution in [-0.4, -0.2) is 64.0 Å².